The van der Waals surface area contributed by atoms with Gasteiger partial charge in [-0.05, 0) is 61.0 Å². The van der Waals surface area contributed by atoms with Crippen LogP contribution in [0.3, 0.4) is 0 Å². The normalized spacial score (nSPS) is 14.7. The Balaban J connectivity index is 1.66. The van der Waals surface area contributed by atoms with Crippen LogP contribution in [0.25, 0.3) is 6.08 Å². The highest BCUT2D eigenvalue weighted by Crippen LogP contribution is 2.38. The number of urea groups is 1. The fourth-order valence-electron chi connectivity index (χ4n) is 3.49. The Kier molecular flexibility index (Phi) is 7.98. The number of imide groups is 2. The van der Waals surface area contributed by atoms with Crippen LogP contribution in [-0.2, 0) is 16.2 Å². The summed E-state index contributed by atoms with van der Waals surface area (Å²) in [6, 6.07) is 16.1. The van der Waals surface area contributed by atoms with Crippen molar-refractivity contribution in [1.29, 1.82) is 0 Å². The van der Waals surface area contributed by atoms with E-state index in [-0.39, 0.29) is 17.2 Å². The molecule has 0 aromatic heterocycles. The van der Waals surface area contributed by atoms with Gasteiger partial charge in [-0.25, -0.2) is 9.69 Å². The van der Waals surface area contributed by atoms with E-state index in [0.717, 1.165) is 14.9 Å². The van der Waals surface area contributed by atoms with Crippen molar-refractivity contribution in [3.8, 4) is 11.5 Å². The Labute approximate surface area is 225 Å². The number of barbiturate groups is 1. The minimum Gasteiger partial charge on any atom is -0.490 e. The summed E-state index contributed by atoms with van der Waals surface area (Å²) < 4.78 is 12.4. The van der Waals surface area contributed by atoms with Gasteiger partial charge in [-0.15, -0.1) is 0 Å². The van der Waals surface area contributed by atoms with E-state index in [1.54, 1.807) is 49.4 Å². The molecular formula is C26H19BrCl2N2O5. The lowest BCUT2D eigenvalue weighted by atomic mass is 10.1. The molecule has 0 aliphatic carbocycles. The van der Waals surface area contributed by atoms with Crippen LogP contribution in [0.5, 0.6) is 11.5 Å². The molecule has 10 heteroatoms. The lowest BCUT2D eigenvalue weighted by molar-refractivity contribution is -0.122. The Bertz CT molecular complexity index is 1380. The first-order valence-corrected chi connectivity index (χ1v) is 12.3. The second-order valence-electron chi connectivity index (χ2n) is 7.58. The van der Waals surface area contributed by atoms with Crippen LogP contribution >= 0.6 is 39.1 Å². The quantitative estimate of drug-likeness (QED) is 0.255. The molecule has 3 aromatic carbocycles. The predicted octanol–water partition coefficient (Wildman–Crippen LogP) is 6.40. The zero-order chi connectivity index (χ0) is 25.8. The monoisotopic (exact) mass is 588 g/mol. The number of benzene rings is 3. The van der Waals surface area contributed by atoms with Crippen LogP contribution in [0, 0.1) is 0 Å². The van der Waals surface area contributed by atoms with Gasteiger partial charge in [0.25, 0.3) is 11.8 Å². The van der Waals surface area contributed by atoms with Crippen molar-refractivity contribution >= 4 is 68.7 Å². The average molecular weight is 590 g/mol. The van der Waals surface area contributed by atoms with Crippen molar-refractivity contribution in [1.82, 2.24) is 5.32 Å². The standard InChI is InChI=1S/C26H19BrCl2N2O5/c1-2-35-22-13-15(12-21(29)23(22)36-14-16-5-3-4-6-20(16)28)11-19-24(32)30-26(34)31(25(19)33)18-9-7-17(27)8-10-18/h3-13H,2,14H2,1H3,(H,30,32,34). The Hall–Kier alpha value is -3.33. The highest BCUT2D eigenvalue weighted by Gasteiger charge is 2.36. The predicted molar refractivity (Wildman–Crippen MR) is 142 cm³/mol. The molecule has 1 N–H and O–H groups in total. The van der Waals surface area contributed by atoms with Gasteiger partial charge in [0, 0.05) is 15.1 Å². The van der Waals surface area contributed by atoms with E-state index >= 15 is 0 Å². The summed E-state index contributed by atoms with van der Waals surface area (Å²) in [4.78, 5) is 39.0. The van der Waals surface area contributed by atoms with Gasteiger partial charge in [0.1, 0.15) is 12.2 Å². The maximum Gasteiger partial charge on any atom is 0.335 e. The van der Waals surface area contributed by atoms with Crippen molar-refractivity contribution < 1.29 is 23.9 Å². The molecule has 36 heavy (non-hydrogen) atoms. The van der Waals surface area contributed by atoms with Gasteiger partial charge in [-0.3, -0.25) is 14.9 Å². The summed E-state index contributed by atoms with van der Waals surface area (Å²) >= 11 is 16.0. The third-order valence-electron chi connectivity index (χ3n) is 5.16. The number of hydrogen-bond donors (Lipinski definition) is 1. The summed E-state index contributed by atoms with van der Waals surface area (Å²) in [5.41, 5.74) is 1.26. The number of ether oxygens (including phenoxy) is 2. The first-order valence-electron chi connectivity index (χ1n) is 10.8. The van der Waals surface area contributed by atoms with E-state index in [2.05, 4.69) is 21.2 Å². The number of nitrogens with zero attached hydrogens (tertiary/aromatic N) is 1. The maximum atomic E-state index is 13.2. The lowest BCUT2D eigenvalue weighted by Crippen LogP contribution is -2.54. The van der Waals surface area contributed by atoms with Crippen molar-refractivity contribution in [2.75, 3.05) is 11.5 Å². The fraction of sp³-hybridized carbons (Fsp3) is 0.115. The summed E-state index contributed by atoms with van der Waals surface area (Å²) in [5, 5.41) is 2.97. The molecular weight excluding hydrogens is 571 g/mol. The minimum absolute atomic E-state index is 0.158. The smallest absolute Gasteiger partial charge is 0.335 e. The van der Waals surface area contributed by atoms with Crippen LogP contribution < -0.4 is 19.7 Å². The molecule has 0 saturated carbocycles. The van der Waals surface area contributed by atoms with E-state index in [4.69, 9.17) is 32.7 Å². The molecule has 1 aliphatic heterocycles. The Morgan fingerprint density at radius 2 is 1.69 bits per heavy atom. The summed E-state index contributed by atoms with van der Waals surface area (Å²) in [6.07, 6.45) is 1.35. The molecule has 7 nitrogen and oxygen atoms in total. The molecule has 1 aliphatic rings. The Morgan fingerprint density at radius 3 is 2.39 bits per heavy atom. The van der Waals surface area contributed by atoms with Crippen molar-refractivity contribution in [2.24, 2.45) is 0 Å². The number of anilines is 1. The molecule has 3 aromatic rings. The topological polar surface area (TPSA) is 84.9 Å². The molecule has 0 bridgehead atoms. The number of carbonyl (C=O) groups excluding carboxylic acids is 3. The number of hydrogen-bond acceptors (Lipinski definition) is 5. The van der Waals surface area contributed by atoms with E-state index in [0.29, 0.717) is 34.4 Å². The number of rotatable bonds is 7. The average Bonchev–Trinajstić information content (AvgIpc) is 2.83. The highest BCUT2D eigenvalue weighted by atomic mass is 79.9. The third-order valence-corrected chi connectivity index (χ3v) is 6.34. The second kappa shape index (κ2) is 11.2. The van der Waals surface area contributed by atoms with Crippen molar-refractivity contribution in [2.45, 2.75) is 13.5 Å². The molecule has 1 heterocycles. The molecule has 0 unspecified atom stereocenters. The molecule has 1 saturated heterocycles. The molecule has 1 fully saturated rings. The molecule has 4 amide bonds. The van der Waals surface area contributed by atoms with E-state index in [1.165, 1.54) is 6.08 Å². The fourth-order valence-corrected chi connectivity index (χ4v) is 4.22. The molecule has 4 rings (SSSR count). The summed E-state index contributed by atoms with van der Waals surface area (Å²) in [5.74, 6) is -0.953. The van der Waals surface area contributed by atoms with Gasteiger partial charge >= 0.3 is 6.03 Å². The van der Waals surface area contributed by atoms with Crippen LogP contribution in [0.15, 0.2) is 70.7 Å². The largest absolute Gasteiger partial charge is 0.490 e. The SMILES string of the molecule is CCOc1cc(C=C2C(=O)NC(=O)N(c3ccc(Br)cc3)C2=O)cc(Cl)c1OCc1ccccc1Cl. The lowest BCUT2D eigenvalue weighted by Gasteiger charge is -2.26. The van der Waals surface area contributed by atoms with Gasteiger partial charge < -0.3 is 9.47 Å². The number of carbonyl (C=O) groups is 3. The highest BCUT2D eigenvalue weighted by molar-refractivity contribution is 9.10. The zero-order valence-corrected chi connectivity index (χ0v) is 22.0. The number of nitrogens with one attached hydrogen (secondary N) is 1. The minimum atomic E-state index is -0.833. The van der Waals surface area contributed by atoms with Gasteiger partial charge in [-0.1, -0.05) is 57.3 Å². The van der Waals surface area contributed by atoms with Gasteiger partial charge in [0.05, 0.1) is 17.3 Å². The molecule has 0 radical (unpaired) electrons. The van der Waals surface area contributed by atoms with Gasteiger partial charge in [0.15, 0.2) is 11.5 Å². The number of halogens is 3. The van der Waals surface area contributed by atoms with E-state index < -0.39 is 17.8 Å². The maximum absolute atomic E-state index is 13.2. The zero-order valence-electron chi connectivity index (χ0n) is 18.9. The number of amides is 4. The van der Waals surface area contributed by atoms with Crippen LogP contribution in [0.1, 0.15) is 18.1 Å². The third kappa shape index (κ3) is 5.56. The van der Waals surface area contributed by atoms with Gasteiger partial charge in [0.2, 0.25) is 0 Å². The molecule has 0 atom stereocenters. The van der Waals surface area contributed by atoms with Gasteiger partial charge in [-0.2, -0.15) is 0 Å². The molecule has 0 spiro atoms. The second-order valence-corrected chi connectivity index (χ2v) is 9.31. The van der Waals surface area contributed by atoms with Crippen molar-refractivity contribution in [3.05, 3.63) is 91.9 Å². The van der Waals surface area contributed by atoms with Crippen molar-refractivity contribution in [3.63, 3.8) is 0 Å². The van der Waals surface area contributed by atoms with E-state index in [1.807, 2.05) is 18.2 Å². The Morgan fingerprint density at radius 1 is 0.972 bits per heavy atom. The molecule has 184 valence electrons. The summed E-state index contributed by atoms with van der Waals surface area (Å²) in [6.45, 7) is 2.28. The first-order chi connectivity index (χ1) is 17.3. The van der Waals surface area contributed by atoms with Crippen LogP contribution in [0.2, 0.25) is 10.0 Å². The first kappa shape index (κ1) is 25.8. The van der Waals surface area contributed by atoms with Crippen LogP contribution in [-0.4, -0.2) is 24.5 Å². The van der Waals surface area contributed by atoms with Crippen LogP contribution in [0.4, 0.5) is 10.5 Å². The van der Waals surface area contributed by atoms with E-state index in [9.17, 15) is 14.4 Å². The summed E-state index contributed by atoms with van der Waals surface area (Å²) in [7, 11) is 0.